The minimum atomic E-state index is -1.24. The fraction of sp³-hybridized carbons (Fsp3) is 0.434. The van der Waals surface area contributed by atoms with E-state index in [9.17, 15) is 24.3 Å². The van der Waals surface area contributed by atoms with Gasteiger partial charge in [-0.2, -0.15) is 0 Å². The van der Waals surface area contributed by atoms with Gasteiger partial charge in [-0.25, -0.2) is 14.8 Å². The number of benzene rings is 2. The smallest absolute Gasteiger partial charge is 0.341 e. The minimum Gasteiger partial charge on any atom is -0.488 e. The summed E-state index contributed by atoms with van der Waals surface area (Å²) >= 11 is 0. The van der Waals surface area contributed by atoms with E-state index in [0.29, 0.717) is 66.6 Å². The summed E-state index contributed by atoms with van der Waals surface area (Å²) in [5.41, 5.74) is 5.22. The van der Waals surface area contributed by atoms with E-state index in [1.54, 1.807) is 40.2 Å². The zero-order valence-corrected chi connectivity index (χ0v) is 39.3. The van der Waals surface area contributed by atoms with Gasteiger partial charge in [0.2, 0.25) is 10.9 Å². The number of aromatic carboxylic acids is 1. The highest BCUT2D eigenvalue weighted by Crippen LogP contribution is 2.29. The van der Waals surface area contributed by atoms with Crippen molar-refractivity contribution in [2.75, 3.05) is 13.1 Å². The van der Waals surface area contributed by atoms with Crippen LogP contribution in [0.2, 0.25) is 0 Å². The number of rotatable bonds is 8. The van der Waals surface area contributed by atoms with Crippen LogP contribution in [0.3, 0.4) is 0 Å². The van der Waals surface area contributed by atoms with Crippen LogP contribution in [-0.4, -0.2) is 90.7 Å². The number of carboxylic acid groups (broad SMARTS) is 1. The Kier molecular flexibility index (Phi) is 14.5. The Balaban J connectivity index is 0.000000159. The number of carbonyl (C=O) groups is 2. The van der Waals surface area contributed by atoms with E-state index in [1.807, 2.05) is 56.5 Å². The van der Waals surface area contributed by atoms with Crippen LogP contribution in [0, 0.1) is 0 Å². The molecular weight excluding hydrogens is 851 g/mol. The first-order valence-corrected chi connectivity index (χ1v) is 23.6. The van der Waals surface area contributed by atoms with Gasteiger partial charge in [0.05, 0.1) is 47.6 Å². The standard InChI is InChI=1S/C26H29N3O4.C20H18N2O4.C7H14O/c1-4-28-15-23(26(31)29-13-16(2)32-17(3)14-29)24(30)22-11-21(12-27-25(22)28)33-20-9-18-7-5-6-8-19(18)10-20;1-2-22-11-17(20(24)25)18(23)16-9-15(10-21-19(16)22)26-14-7-12-5-3-4-6-13(12)8-14;1-6-4-3-5-7(2)8-6/h5-8,11-12,15-17,20H,4,9-10,13-14H2,1-3H3;3-6,9-11,14H,2,7-8H2,1H3,(H,24,25);6-7H,3-5H2,1-2H3/t16-,17-;;6-,7-/m1.1/s1. The SMILES string of the molecule is CCn1cc(C(=O)N2C[C@@H](C)O[C@H](C)C2)c(=O)c2cc(OC3Cc4ccccc4C3)cnc21.CCn1cc(C(=O)O)c(=O)c2cc(OC3Cc4ccccc4C3)cnc21.C[C@@H]1CCC[C@@H](C)O1. The van der Waals surface area contributed by atoms with Crippen molar-refractivity contribution < 1.29 is 33.6 Å². The van der Waals surface area contributed by atoms with Crippen molar-refractivity contribution >= 4 is 33.9 Å². The lowest BCUT2D eigenvalue weighted by molar-refractivity contribution is -0.0586. The molecule has 2 aliphatic carbocycles. The van der Waals surface area contributed by atoms with Crippen molar-refractivity contribution in [1.29, 1.82) is 0 Å². The van der Waals surface area contributed by atoms with Crippen LogP contribution in [0.1, 0.15) is 104 Å². The van der Waals surface area contributed by atoms with Crippen LogP contribution in [-0.2, 0) is 48.2 Å². The van der Waals surface area contributed by atoms with E-state index < -0.39 is 11.4 Å². The van der Waals surface area contributed by atoms with Gasteiger partial charge in [0.1, 0.15) is 46.1 Å². The van der Waals surface area contributed by atoms with Crippen LogP contribution in [0.15, 0.2) is 95.0 Å². The normalized spacial score (nSPS) is 20.3. The Morgan fingerprint density at radius 2 is 1.04 bits per heavy atom. The lowest BCUT2D eigenvalue weighted by Crippen LogP contribution is -2.49. The molecule has 4 aromatic heterocycles. The topological polar surface area (TPSA) is 164 Å². The van der Waals surface area contributed by atoms with Crippen molar-refractivity contribution in [3.8, 4) is 11.5 Å². The minimum absolute atomic E-state index is 0.0104. The molecule has 2 fully saturated rings. The molecule has 1 amide bonds. The summed E-state index contributed by atoms with van der Waals surface area (Å²) in [5.74, 6) is -0.462. The zero-order chi connectivity index (χ0) is 47.4. The molecular formula is C53H61N5O9. The fourth-order valence-electron chi connectivity index (χ4n) is 9.75. The van der Waals surface area contributed by atoms with Gasteiger partial charge >= 0.3 is 5.97 Å². The Labute approximate surface area is 390 Å². The molecule has 4 atom stereocenters. The summed E-state index contributed by atoms with van der Waals surface area (Å²) in [6, 6.07) is 19.9. The summed E-state index contributed by atoms with van der Waals surface area (Å²) in [6.07, 6.45) is 14.3. The molecule has 352 valence electrons. The van der Waals surface area contributed by atoms with Crippen LogP contribution >= 0.6 is 0 Å². The highest BCUT2D eigenvalue weighted by molar-refractivity contribution is 5.97. The number of aromatic nitrogens is 4. The first kappa shape index (κ1) is 47.1. The predicted molar refractivity (Wildman–Crippen MR) is 257 cm³/mol. The van der Waals surface area contributed by atoms with Gasteiger partial charge < -0.3 is 38.1 Å². The van der Waals surface area contributed by atoms with Gasteiger partial charge in [-0.3, -0.25) is 14.4 Å². The number of hydrogen-bond acceptors (Lipinski definition) is 10. The number of ether oxygens (including phenoxy) is 4. The summed E-state index contributed by atoms with van der Waals surface area (Å²) in [5, 5.41) is 9.95. The number of nitrogens with zero attached hydrogens (tertiary/aromatic N) is 5. The molecule has 14 nitrogen and oxygen atoms in total. The van der Waals surface area contributed by atoms with Crippen LogP contribution < -0.4 is 20.3 Å². The maximum Gasteiger partial charge on any atom is 0.341 e. The van der Waals surface area contributed by atoms with E-state index in [0.717, 1.165) is 25.7 Å². The van der Waals surface area contributed by atoms with Gasteiger partial charge in [0.25, 0.3) is 5.91 Å². The molecule has 2 aliphatic heterocycles. The summed E-state index contributed by atoms with van der Waals surface area (Å²) < 4.78 is 27.0. The van der Waals surface area contributed by atoms with Gasteiger partial charge in [-0.1, -0.05) is 48.5 Å². The number of pyridine rings is 4. The van der Waals surface area contributed by atoms with Gasteiger partial charge in [0, 0.05) is 64.3 Å². The maximum atomic E-state index is 13.4. The van der Waals surface area contributed by atoms with Crippen molar-refractivity contribution in [2.24, 2.45) is 0 Å². The molecule has 0 saturated carbocycles. The molecule has 6 aromatic rings. The van der Waals surface area contributed by atoms with Crippen molar-refractivity contribution in [3.05, 3.63) is 139 Å². The molecule has 2 saturated heterocycles. The molecule has 10 rings (SSSR count). The molecule has 0 radical (unpaired) electrons. The first-order chi connectivity index (χ1) is 32.3. The van der Waals surface area contributed by atoms with Gasteiger partial charge in [-0.05, 0) is 95.2 Å². The number of morpholine rings is 1. The second-order valence-electron chi connectivity index (χ2n) is 18.2. The van der Waals surface area contributed by atoms with E-state index in [-0.39, 0.29) is 52.3 Å². The highest BCUT2D eigenvalue weighted by atomic mass is 16.5. The lowest BCUT2D eigenvalue weighted by atomic mass is 10.1. The number of amides is 1. The van der Waals surface area contributed by atoms with Crippen molar-refractivity contribution in [2.45, 2.75) is 136 Å². The fourth-order valence-corrected chi connectivity index (χ4v) is 9.75. The number of hydrogen-bond donors (Lipinski definition) is 1. The predicted octanol–water partition coefficient (Wildman–Crippen LogP) is 7.84. The van der Waals surface area contributed by atoms with Gasteiger partial charge in [0.15, 0.2) is 0 Å². The van der Waals surface area contributed by atoms with Crippen LogP contribution in [0.25, 0.3) is 22.1 Å². The van der Waals surface area contributed by atoms with E-state index in [2.05, 4.69) is 48.1 Å². The number of aryl methyl sites for hydroxylation is 2. The number of carboxylic acids is 1. The third kappa shape index (κ3) is 10.8. The Hall–Kier alpha value is -6.38. The summed E-state index contributed by atoms with van der Waals surface area (Å²) in [4.78, 5) is 61.2. The molecule has 2 aromatic carbocycles. The summed E-state index contributed by atoms with van der Waals surface area (Å²) in [7, 11) is 0. The quantitative estimate of drug-likeness (QED) is 0.158. The first-order valence-electron chi connectivity index (χ1n) is 23.6. The molecule has 1 N–H and O–H groups in total. The monoisotopic (exact) mass is 911 g/mol. The van der Waals surface area contributed by atoms with Gasteiger partial charge in [-0.15, -0.1) is 0 Å². The molecule has 0 bridgehead atoms. The molecule has 4 aliphatic rings. The van der Waals surface area contributed by atoms with Crippen LogP contribution in [0.4, 0.5) is 0 Å². The van der Waals surface area contributed by atoms with E-state index in [4.69, 9.17) is 18.9 Å². The second kappa shape index (κ2) is 20.6. The second-order valence-corrected chi connectivity index (χ2v) is 18.2. The van der Waals surface area contributed by atoms with Crippen molar-refractivity contribution in [3.63, 3.8) is 0 Å². The molecule has 14 heteroatoms. The Morgan fingerprint density at radius 3 is 1.43 bits per heavy atom. The van der Waals surface area contributed by atoms with E-state index >= 15 is 0 Å². The third-order valence-corrected chi connectivity index (χ3v) is 12.9. The van der Waals surface area contributed by atoms with Crippen molar-refractivity contribution in [1.82, 2.24) is 24.0 Å². The molecule has 0 unspecified atom stereocenters. The van der Waals surface area contributed by atoms with Crippen LogP contribution in [0.5, 0.6) is 11.5 Å². The maximum absolute atomic E-state index is 13.4. The van der Waals surface area contributed by atoms with E-state index in [1.165, 1.54) is 47.7 Å². The third-order valence-electron chi connectivity index (χ3n) is 12.9. The Bertz CT molecular complexity index is 2830. The average Bonchev–Trinajstić information content (AvgIpc) is 3.92. The molecule has 0 spiro atoms. The highest BCUT2D eigenvalue weighted by Gasteiger charge is 2.30. The number of fused-ring (bicyclic) bond motifs is 4. The number of carbonyl (C=O) groups excluding carboxylic acids is 1. The average molecular weight is 912 g/mol. The summed E-state index contributed by atoms with van der Waals surface area (Å²) in [6.45, 7) is 14.1. The lowest BCUT2D eigenvalue weighted by Gasteiger charge is -2.35. The Morgan fingerprint density at radius 1 is 0.642 bits per heavy atom. The largest absolute Gasteiger partial charge is 0.488 e. The molecule has 67 heavy (non-hydrogen) atoms. The molecule has 6 heterocycles. The zero-order valence-electron chi connectivity index (χ0n) is 39.3.